The molecule has 4 rings (SSSR count). The van der Waals surface area contributed by atoms with Crippen LogP contribution >= 0.6 is 0 Å². The zero-order chi connectivity index (χ0) is 21.8. The molecule has 0 radical (unpaired) electrons. The van der Waals surface area contributed by atoms with Gasteiger partial charge in [0, 0.05) is 19.0 Å². The molecule has 9 nitrogen and oxygen atoms in total. The number of aliphatic imine (C=N–C) groups is 1. The third-order valence-corrected chi connectivity index (χ3v) is 5.98. The summed E-state index contributed by atoms with van der Waals surface area (Å²) in [6.45, 7) is 3.53. The molecule has 0 amide bonds. The topological polar surface area (TPSA) is 129 Å². The molecule has 3 aromatic rings. The standard InChI is InChI=1S/C21H25N7O2S/c1-15(16-7-9-18(10-8-16)17-5-3-2-4-6-17)19-24-20(27-26-19)25-21-23-11-12-28(21)13-14-31(22,29)30/h2-10,15H,11-14H2,1H3,(H2,22,29,30)(H2,23,24,25,26,27). The molecule has 1 unspecified atom stereocenters. The van der Waals surface area contributed by atoms with Crippen molar-refractivity contribution in [1.82, 2.24) is 20.1 Å². The van der Waals surface area contributed by atoms with E-state index in [1.165, 1.54) is 5.56 Å². The number of primary sulfonamides is 1. The molecule has 1 aliphatic rings. The average molecular weight is 440 g/mol. The van der Waals surface area contributed by atoms with E-state index < -0.39 is 10.0 Å². The number of benzene rings is 2. The zero-order valence-electron chi connectivity index (χ0n) is 17.2. The molecule has 2 heterocycles. The molecule has 0 bridgehead atoms. The maximum Gasteiger partial charge on any atom is 0.248 e. The first kappa shape index (κ1) is 21.0. The number of aromatic nitrogens is 3. The third kappa shape index (κ3) is 5.28. The van der Waals surface area contributed by atoms with Gasteiger partial charge in [0.05, 0.1) is 12.3 Å². The van der Waals surface area contributed by atoms with E-state index in [1.54, 1.807) is 0 Å². The summed E-state index contributed by atoms with van der Waals surface area (Å²) in [7, 11) is -3.53. The molecule has 0 saturated heterocycles. The number of hydrogen-bond donors (Lipinski definition) is 3. The highest BCUT2D eigenvalue weighted by Gasteiger charge is 2.21. The van der Waals surface area contributed by atoms with E-state index in [0.29, 0.717) is 25.0 Å². The van der Waals surface area contributed by atoms with Crippen LogP contribution in [0.2, 0.25) is 0 Å². The Kier molecular flexibility index (Phi) is 6.01. The lowest BCUT2D eigenvalue weighted by Crippen LogP contribution is -2.38. The number of nitrogens with one attached hydrogen (secondary N) is 2. The fourth-order valence-corrected chi connectivity index (χ4v) is 3.91. The molecule has 162 valence electrons. The molecule has 10 heteroatoms. The van der Waals surface area contributed by atoms with Crippen molar-refractivity contribution >= 4 is 21.9 Å². The number of rotatable bonds is 7. The summed E-state index contributed by atoms with van der Waals surface area (Å²) in [6.07, 6.45) is 0. The lowest BCUT2D eigenvalue weighted by molar-refractivity contribution is 0.478. The van der Waals surface area contributed by atoms with Gasteiger partial charge in [-0.15, -0.1) is 5.10 Å². The van der Waals surface area contributed by atoms with Crippen molar-refractivity contribution in [3.05, 3.63) is 66.0 Å². The lowest BCUT2D eigenvalue weighted by Gasteiger charge is -2.19. The summed E-state index contributed by atoms with van der Waals surface area (Å²) in [4.78, 5) is 10.7. The van der Waals surface area contributed by atoms with Crippen molar-refractivity contribution in [1.29, 1.82) is 0 Å². The van der Waals surface area contributed by atoms with Gasteiger partial charge < -0.3 is 4.90 Å². The van der Waals surface area contributed by atoms with Crippen molar-refractivity contribution in [2.75, 3.05) is 30.7 Å². The summed E-state index contributed by atoms with van der Waals surface area (Å²) in [5.74, 6) is 1.56. The fourth-order valence-electron chi connectivity index (χ4n) is 3.43. The number of hydrogen-bond acceptors (Lipinski definition) is 7. The monoisotopic (exact) mass is 439 g/mol. The van der Waals surface area contributed by atoms with Crippen molar-refractivity contribution in [3.63, 3.8) is 0 Å². The summed E-state index contributed by atoms with van der Waals surface area (Å²) in [5, 5.41) is 15.4. The van der Waals surface area contributed by atoms with Crippen LogP contribution in [0.15, 0.2) is 59.6 Å². The van der Waals surface area contributed by atoms with Gasteiger partial charge >= 0.3 is 0 Å². The van der Waals surface area contributed by atoms with E-state index >= 15 is 0 Å². The van der Waals surface area contributed by atoms with Gasteiger partial charge in [0.2, 0.25) is 21.9 Å². The van der Waals surface area contributed by atoms with Gasteiger partial charge in [-0.05, 0) is 16.7 Å². The van der Waals surface area contributed by atoms with Crippen molar-refractivity contribution in [3.8, 4) is 11.1 Å². The molecule has 1 aromatic heterocycles. The zero-order valence-corrected chi connectivity index (χ0v) is 18.0. The third-order valence-electron chi connectivity index (χ3n) is 5.23. The molecular formula is C21H25N7O2S. The van der Waals surface area contributed by atoms with Crippen LogP contribution in [0.3, 0.4) is 0 Å². The van der Waals surface area contributed by atoms with Crippen LogP contribution in [0.4, 0.5) is 5.95 Å². The Labute approximate surface area is 181 Å². The Morgan fingerprint density at radius 1 is 1.13 bits per heavy atom. The Hall–Kier alpha value is -3.24. The number of guanidine groups is 1. The number of nitrogens with zero attached hydrogens (tertiary/aromatic N) is 4. The van der Waals surface area contributed by atoms with E-state index in [-0.39, 0.29) is 18.2 Å². The number of aromatic amines is 1. The summed E-state index contributed by atoms with van der Waals surface area (Å²) < 4.78 is 22.5. The minimum absolute atomic E-state index is 0.0249. The van der Waals surface area contributed by atoms with E-state index in [2.05, 4.69) is 68.8 Å². The van der Waals surface area contributed by atoms with Gasteiger partial charge in [0.25, 0.3) is 0 Å². The number of sulfonamides is 1. The molecule has 2 aromatic carbocycles. The average Bonchev–Trinajstić information content (AvgIpc) is 3.42. The number of H-pyrrole nitrogens is 1. The lowest BCUT2D eigenvalue weighted by atomic mass is 9.97. The maximum atomic E-state index is 11.2. The summed E-state index contributed by atoms with van der Waals surface area (Å²) in [5.41, 5.74) is 3.46. The molecule has 0 spiro atoms. The van der Waals surface area contributed by atoms with E-state index in [9.17, 15) is 8.42 Å². The normalized spacial score (nSPS) is 15.0. The second-order valence-corrected chi connectivity index (χ2v) is 9.17. The molecule has 0 aliphatic carbocycles. The smallest absolute Gasteiger partial charge is 0.248 e. The molecule has 1 aliphatic heterocycles. The van der Waals surface area contributed by atoms with Crippen LogP contribution in [0.1, 0.15) is 24.2 Å². The molecule has 4 N–H and O–H groups in total. The largest absolute Gasteiger partial charge is 0.340 e. The van der Waals surface area contributed by atoms with Crippen LogP contribution in [0.25, 0.3) is 11.1 Å². The predicted molar refractivity (Wildman–Crippen MR) is 121 cm³/mol. The van der Waals surface area contributed by atoms with Crippen molar-refractivity contribution < 1.29 is 8.42 Å². The van der Waals surface area contributed by atoms with E-state index in [0.717, 1.165) is 17.0 Å². The summed E-state index contributed by atoms with van der Waals surface area (Å²) >= 11 is 0. The molecule has 0 fully saturated rings. The first-order valence-corrected chi connectivity index (χ1v) is 11.8. The van der Waals surface area contributed by atoms with E-state index in [4.69, 9.17) is 5.14 Å². The number of anilines is 1. The van der Waals surface area contributed by atoms with Gasteiger partial charge in [-0.3, -0.25) is 15.4 Å². The second-order valence-electron chi connectivity index (χ2n) is 7.44. The predicted octanol–water partition coefficient (Wildman–Crippen LogP) is 2.00. The highest BCUT2D eigenvalue weighted by atomic mass is 32.2. The maximum absolute atomic E-state index is 11.2. The first-order chi connectivity index (χ1) is 14.9. The Balaban J connectivity index is 1.41. The van der Waals surface area contributed by atoms with Gasteiger partial charge in [0.1, 0.15) is 5.82 Å². The van der Waals surface area contributed by atoms with E-state index in [1.807, 2.05) is 23.1 Å². The van der Waals surface area contributed by atoms with Crippen LogP contribution in [0, 0.1) is 0 Å². The minimum atomic E-state index is -3.53. The van der Waals surface area contributed by atoms with Gasteiger partial charge in [-0.1, -0.05) is 61.5 Å². The van der Waals surface area contributed by atoms with Crippen molar-refractivity contribution in [2.45, 2.75) is 12.8 Å². The quantitative estimate of drug-likeness (QED) is 0.516. The summed E-state index contributed by atoms with van der Waals surface area (Å²) in [6, 6.07) is 18.6. The first-order valence-electron chi connectivity index (χ1n) is 10.0. The second kappa shape index (κ2) is 8.86. The molecule has 1 atom stereocenters. The molecule has 0 saturated carbocycles. The Morgan fingerprint density at radius 2 is 1.84 bits per heavy atom. The van der Waals surface area contributed by atoms with Crippen LogP contribution < -0.4 is 10.5 Å². The molecular weight excluding hydrogens is 414 g/mol. The Morgan fingerprint density at radius 3 is 2.55 bits per heavy atom. The highest BCUT2D eigenvalue weighted by molar-refractivity contribution is 7.89. The molecule has 31 heavy (non-hydrogen) atoms. The van der Waals surface area contributed by atoms with Gasteiger partial charge in [-0.2, -0.15) is 4.98 Å². The van der Waals surface area contributed by atoms with Crippen LogP contribution in [0.5, 0.6) is 0 Å². The fraction of sp³-hybridized carbons (Fsp3) is 0.286. The van der Waals surface area contributed by atoms with Crippen molar-refractivity contribution in [2.24, 2.45) is 10.1 Å². The van der Waals surface area contributed by atoms with Crippen LogP contribution in [-0.2, 0) is 10.0 Å². The van der Waals surface area contributed by atoms with Crippen LogP contribution in [-0.4, -0.2) is 59.8 Å². The minimum Gasteiger partial charge on any atom is -0.340 e. The van der Waals surface area contributed by atoms with Gasteiger partial charge in [0.15, 0.2) is 0 Å². The van der Waals surface area contributed by atoms with Gasteiger partial charge in [-0.25, -0.2) is 13.6 Å². The SMILES string of the molecule is CC(c1ccc(-c2ccccc2)cc1)c1nc(NC2=NCCN2CCS(N)(=O)=O)n[nH]1. The highest BCUT2D eigenvalue weighted by Crippen LogP contribution is 2.25. The Bertz CT molecular complexity index is 1160. The number of nitrogens with two attached hydrogens (primary N) is 1.